The molecular formula is C38H57ClN2Ru. The molecule has 0 spiro atoms. The number of pyridine rings is 2. The maximum absolute atomic E-state index is 6.02. The van der Waals surface area contributed by atoms with Gasteiger partial charge in [0, 0.05) is 36.9 Å². The van der Waals surface area contributed by atoms with Crippen molar-refractivity contribution in [2.45, 2.75) is 143 Å². The third kappa shape index (κ3) is 16.3. The van der Waals surface area contributed by atoms with Crippen LogP contribution in [-0.4, -0.2) is 9.97 Å². The number of aryl methyl sites for hydroxylation is 3. The molecule has 0 saturated heterocycles. The van der Waals surface area contributed by atoms with Crippen molar-refractivity contribution in [1.82, 2.24) is 9.97 Å². The third-order valence-electron chi connectivity index (χ3n) is 7.83. The van der Waals surface area contributed by atoms with Crippen molar-refractivity contribution in [2.75, 3.05) is 0 Å². The van der Waals surface area contributed by atoms with E-state index in [0.29, 0.717) is 5.92 Å². The largest absolute Gasteiger partial charge is 0.255 e. The van der Waals surface area contributed by atoms with E-state index >= 15 is 0 Å². The van der Waals surface area contributed by atoms with Crippen molar-refractivity contribution in [1.29, 1.82) is 0 Å². The van der Waals surface area contributed by atoms with Gasteiger partial charge in [-0.1, -0.05) is 128 Å². The fourth-order valence-electron chi connectivity index (χ4n) is 5.21. The predicted molar refractivity (Wildman–Crippen MR) is 181 cm³/mol. The molecule has 4 heteroatoms. The van der Waals surface area contributed by atoms with E-state index in [-0.39, 0.29) is 19.5 Å². The van der Waals surface area contributed by atoms with E-state index in [2.05, 4.69) is 81.0 Å². The van der Waals surface area contributed by atoms with Crippen LogP contribution in [0.3, 0.4) is 0 Å². The first-order valence-corrected chi connectivity index (χ1v) is 17.0. The molecule has 0 atom stereocenters. The summed E-state index contributed by atoms with van der Waals surface area (Å²) in [5, 5.41) is 0.889. The fraction of sp³-hybridized carbons (Fsp3) is 0.579. The summed E-state index contributed by atoms with van der Waals surface area (Å²) in [5.74, 6) is 0.517. The van der Waals surface area contributed by atoms with Gasteiger partial charge >= 0.3 is 0 Å². The first kappa shape index (κ1) is 38.5. The molecule has 0 aliphatic carbocycles. The topological polar surface area (TPSA) is 25.8 Å². The minimum atomic E-state index is 0. The molecule has 0 aliphatic rings. The van der Waals surface area contributed by atoms with Gasteiger partial charge in [-0.15, -0.1) is 0 Å². The van der Waals surface area contributed by atoms with Crippen LogP contribution in [-0.2, 0) is 32.3 Å². The minimum absolute atomic E-state index is 0. The van der Waals surface area contributed by atoms with Gasteiger partial charge in [-0.3, -0.25) is 9.97 Å². The molecule has 0 N–H and O–H groups in total. The molecule has 42 heavy (non-hydrogen) atoms. The van der Waals surface area contributed by atoms with Gasteiger partial charge in [-0.2, -0.15) is 0 Å². The molecule has 234 valence electrons. The molecule has 0 aliphatic heterocycles. The molecule has 0 unspecified atom stereocenters. The second-order valence-corrected chi connectivity index (χ2v) is 12.4. The quantitative estimate of drug-likeness (QED) is 0.0989. The van der Waals surface area contributed by atoms with Crippen molar-refractivity contribution in [3.8, 4) is 11.4 Å². The zero-order valence-electron chi connectivity index (χ0n) is 27.2. The van der Waals surface area contributed by atoms with Crippen LogP contribution in [0.5, 0.6) is 0 Å². The van der Waals surface area contributed by atoms with Crippen LogP contribution in [0.2, 0.25) is 5.02 Å². The molecule has 1 aromatic carbocycles. The SMILES string of the molecule is CCCCCCCCCc1ccnc(-c2cc(CCCCCCCCC)ccn2)c1.Cc1ccc(C(C)C)c(Cl)c1.[Ru]. The molecule has 3 aromatic rings. The molecule has 3 rings (SSSR count). The number of unbranched alkanes of at least 4 members (excludes halogenated alkanes) is 12. The number of halogens is 1. The summed E-state index contributed by atoms with van der Waals surface area (Å²) in [4.78, 5) is 9.21. The zero-order valence-corrected chi connectivity index (χ0v) is 29.7. The van der Waals surface area contributed by atoms with Crippen LogP contribution < -0.4 is 0 Å². The normalized spacial score (nSPS) is 10.7. The number of rotatable bonds is 18. The Balaban J connectivity index is 0.000000617. The molecule has 2 aromatic heterocycles. The molecule has 0 saturated carbocycles. The van der Waals surface area contributed by atoms with E-state index in [0.717, 1.165) is 29.3 Å². The van der Waals surface area contributed by atoms with E-state index in [1.165, 1.54) is 112 Å². The van der Waals surface area contributed by atoms with E-state index in [1.54, 1.807) is 0 Å². The summed E-state index contributed by atoms with van der Waals surface area (Å²) >= 11 is 6.02. The van der Waals surface area contributed by atoms with E-state index < -0.39 is 0 Å². The van der Waals surface area contributed by atoms with Crippen molar-refractivity contribution in [3.05, 3.63) is 82.1 Å². The van der Waals surface area contributed by atoms with Crippen LogP contribution >= 0.6 is 11.6 Å². The molecule has 2 nitrogen and oxygen atoms in total. The molecular weight excluding hydrogens is 621 g/mol. The van der Waals surface area contributed by atoms with Gasteiger partial charge < -0.3 is 0 Å². The number of hydrogen-bond acceptors (Lipinski definition) is 2. The van der Waals surface area contributed by atoms with Gasteiger partial charge in [0.05, 0.1) is 11.4 Å². The van der Waals surface area contributed by atoms with Gasteiger partial charge in [-0.05, 0) is 91.1 Å². The maximum Gasteiger partial charge on any atom is 0.0888 e. The van der Waals surface area contributed by atoms with Crippen LogP contribution in [0, 0.1) is 6.92 Å². The summed E-state index contributed by atoms with van der Waals surface area (Å²) in [7, 11) is 0. The Morgan fingerprint density at radius 2 is 1.02 bits per heavy atom. The zero-order chi connectivity index (χ0) is 29.7. The molecule has 2 heterocycles. The third-order valence-corrected chi connectivity index (χ3v) is 8.15. The fourth-order valence-corrected chi connectivity index (χ4v) is 5.67. The van der Waals surface area contributed by atoms with Gasteiger partial charge in [-0.25, -0.2) is 0 Å². The summed E-state index contributed by atoms with van der Waals surface area (Å²) in [6.07, 6.45) is 25.2. The second-order valence-electron chi connectivity index (χ2n) is 12.0. The summed E-state index contributed by atoms with van der Waals surface area (Å²) in [6.45, 7) is 10.9. The number of benzene rings is 1. The summed E-state index contributed by atoms with van der Waals surface area (Å²) < 4.78 is 0. The number of nitrogens with zero attached hydrogens (tertiary/aromatic N) is 2. The summed E-state index contributed by atoms with van der Waals surface area (Å²) in [5.41, 5.74) is 7.30. The molecule has 0 amide bonds. The van der Waals surface area contributed by atoms with Gasteiger partial charge in [0.25, 0.3) is 0 Å². The smallest absolute Gasteiger partial charge is 0.0888 e. The standard InChI is InChI=1S/C28H44N2.C10H13Cl.Ru/c1-3-5-7-9-11-13-15-17-25-19-21-29-27(23-25)28-24-26(20-22-30-28)18-16-14-12-10-8-6-4-2;1-7(2)9-5-4-8(3)6-10(9)11;/h19-24H,3-18H2,1-2H3;4-7H,1-3H3;. The molecule has 0 fully saturated rings. The van der Waals surface area contributed by atoms with Gasteiger partial charge in [0.1, 0.15) is 0 Å². The van der Waals surface area contributed by atoms with E-state index in [9.17, 15) is 0 Å². The van der Waals surface area contributed by atoms with E-state index in [1.807, 2.05) is 18.5 Å². The van der Waals surface area contributed by atoms with Crippen LogP contribution in [0.4, 0.5) is 0 Å². The van der Waals surface area contributed by atoms with Crippen LogP contribution in [0.25, 0.3) is 11.4 Å². The van der Waals surface area contributed by atoms with Crippen molar-refractivity contribution >= 4 is 11.6 Å². The van der Waals surface area contributed by atoms with Gasteiger partial charge in [0.15, 0.2) is 0 Å². The Bertz CT molecular complexity index is 1040. The average molecular weight is 678 g/mol. The first-order chi connectivity index (χ1) is 19.9. The van der Waals surface area contributed by atoms with Crippen LogP contribution in [0.15, 0.2) is 54.9 Å². The molecule has 0 radical (unpaired) electrons. The van der Waals surface area contributed by atoms with E-state index in [4.69, 9.17) is 11.6 Å². The van der Waals surface area contributed by atoms with Gasteiger partial charge in [0.2, 0.25) is 0 Å². The minimum Gasteiger partial charge on any atom is -0.255 e. The first-order valence-electron chi connectivity index (χ1n) is 16.6. The Hall–Kier alpha value is -1.57. The Morgan fingerprint density at radius 3 is 1.43 bits per heavy atom. The average Bonchev–Trinajstić information content (AvgIpc) is 2.97. The summed E-state index contributed by atoms with van der Waals surface area (Å²) in [6, 6.07) is 15.0. The Morgan fingerprint density at radius 1 is 0.595 bits per heavy atom. The predicted octanol–water partition coefficient (Wildman–Crippen LogP) is 12.5. The molecule has 0 bridgehead atoms. The van der Waals surface area contributed by atoms with Crippen molar-refractivity contribution in [2.24, 2.45) is 0 Å². The van der Waals surface area contributed by atoms with Crippen LogP contribution in [0.1, 0.15) is 146 Å². The second kappa shape index (κ2) is 23.8. The number of hydrogen-bond donors (Lipinski definition) is 0. The Kier molecular flexibility index (Phi) is 21.8. The Labute approximate surface area is 276 Å². The number of aromatic nitrogens is 2. The maximum atomic E-state index is 6.02. The van der Waals surface area contributed by atoms with Crippen molar-refractivity contribution in [3.63, 3.8) is 0 Å². The van der Waals surface area contributed by atoms with Crippen molar-refractivity contribution < 1.29 is 19.5 Å². The monoisotopic (exact) mass is 678 g/mol.